The molecule has 1 saturated heterocycles. The van der Waals surface area contributed by atoms with E-state index in [1.165, 1.54) is 17.0 Å². The Morgan fingerprint density at radius 3 is 2.36 bits per heavy atom. The van der Waals surface area contributed by atoms with Gasteiger partial charge in [0, 0.05) is 5.69 Å². The number of nitrogens with zero attached hydrogens (tertiary/aromatic N) is 2. The molecule has 0 aromatic heterocycles. The third-order valence-electron chi connectivity index (χ3n) is 5.50. The Morgan fingerprint density at radius 1 is 1.09 bits per heavy atom. The number of aryl methyl sites for hydroxylation is 1. The predicted molar refractivity (Wildman–Crippen MR) is 127 cm³/mol. The molecule has 1 atom stereocenters. The molecule has 0 spiro atoms. The number of amides is 1. The van der Waals surface area contributed by atoms with Gasteiger partial charge in [-0.2, -0.15) is 0 Å². The van der Waals surface area contributed by atoms with Crippen LogP contribution in [0.1, 0.15) is 11.1 Å². The van der Waals surface area contributed by atoms with E-state index in [1.54, 1.807) is 55.5 Å². The standard InChI is InChI=1S/C24H18FN3O3S2/c1-16-14-19(10-13-21(16)26-2)28-22(29)24(27-23(28)32,17-6-4-3-5-7-17)15-33(30,31)20-11-8-18(25)9-12-20/h3-14H,15H2,1H3,(H,27,32). The molecule has 1 N–H and O–H groups in total. The highest BCUT2D eigenvalue weighted by atomic mass is 32.2. The first kappa shape index (κ1) is 22.6. The molecule has 0 radical (unpaired) electrons. The van der Waals surface area contributed by atoms with Crippen LogP contribution < -0.4 is 10.2 Å². The molecule has 1 aliphatic heterocycles. The fourth-order valence-corrected chi connectivity index (χ4v) is 5.84. The summed E-state index contributed by atoms with van der Waals surface area (Å²) in [5.41, 5.74) is 0.281. The molecule has 3 aromatic rings. The lowest BCUT2D eigenvalue weighted by Crippen LogP contribution is -2.49. The van der Waals surface area contributed by atoms with Gasteiger partial charge in [-0.15, -0.1) is 0 Å². The summed E-state index contributed by atoms with van der Waals surface area (Å²) in [7, 11) is -4.02. The number of sulfone groups is 1. The van der Waals surface area contributed by atoms with Gasteiger partial charge in [-0.3, -0.25) is 9.69 Å². The first-order chi connectivity index (χ1) is 15.7. The van der Waals surface area contributed by atoms with Gasteiger partial charge in [-0.05, 0) is 66.7 Å². The van der Waals surface area contributed by atoms with E-state index in [0.717, 1.165) is 12.1 Å². The van der Waals surface area contributed by atoms with Crippen molar-refractivity contribution in [1.82, 2.24) is 5.32 Å². The van der Waals surface area contributed by atoms with E-state index in [9.17, 15) is 17.6 Å². The summed E-state index contributed by atoms with van der Waals surface area (Å²) >= 11 is 5.47. The van der Waals surface area contributed by atoms with Crippen molar-refractivity contribution in [2.24, 2.45) is 0 Å². The fourth-order valence-electron chi connectivity index (χ4n) is 3.82. The second-order valence-corrected chi connectivity index (χ2v) is 10.0. The zero-order chi connectivity index (χ0) is 23.8. The zero-order valence-electron chi connectivity index (χ0n) is 17.4. The Bertz CT molecular complexity index is 1400. The van der Waals surface area contributed by atoms with Gasteiger partial charge >= 0.3 is 0 Å². The number of hydrogen-bond acceptors (Lipinski definition) is 4. The molecule has 3 aromatic carbocycles. The number of rotatable bonds is 5. The molecule has 0 saturated carbocycles. The van der Waals surface area contributed by atoms with Crippen LogP contribution >= 0.6 is 12.2 Å². The van der Waals surface area contributed by atoms with Crippen molar-refractivity contribution >= 4 is 44.4 Å². The molecular formula is C24H18FN3O3S2. The van der Waals surface area contributed by atoms with E-state index in [-0.39, 0.29) is 10.0 Å². The molecule has 1 heterocycles. The van der Waals surface area contributed by atoms with E-state index < -0.39 is 32.9 Å². The Morgan fingerprint density at radius 2 is 1.76 bits per heavy atom. The minimum atomic E-state index is -4.02. The van der Waals surface area contributed by atoms with Crippen LogP contribution in [0.2, 0.25) is 0 Å². The second-order valence-electron chi connectivity index (χ2n) is 7.64. The van der Waals surface area contributed by atoms with Crippen LogP contribution in [-0.2, 0) is 20.2 Å². The molecule has 6 nitrogen and oxygen atoms in total. The SMILES string of the molecule is [C-]#[N+]c1ccc(N2C(=O)C(CS(=O)(=O)c3ccc(F)cc3)(c3ccccc3)NC2=S)cc1C. The van der Waals surface area contributed by atoms with Crippen LogP contribution in [0, 0.1) is 19.3 Å². The van der Waals surface area contributed by atoms with Crippen molar-refractivity contribution in [2.75, 3.05) is 10.7 Å². The zero-order valence-corrected chi connectivity index (χ0v) is 19.1. The van der Waals surface area contributed by atoms with Gasteiger partial charge in [-0.1, -0.05) is 36.4 Å². The van der Waals surface area contributed by atoms with Crippen molar-refractivity contribution in [3.05, 3.63) is 101 Å². The predicted octanol–water partition coefficient (Wildman–Crippen LogP) is 4.28. The van der Waals surface area contributed by atoms with Gasteiger partial charge in [0.25, 0.3) is 5.91 Å². The molecule has 0 bridgehead atoms. The molecule has 4 rings (SSSR count). The minimum Gasteiger partial charge on any atom is -0.343 e. The average molecular weight is 480 g/mol. The van der Waals surface area contributed by atoms with E-state index in [4.69, 9.17) is 18.8 Å². The van der Waals surface area contributed by atoms with Gasteiger partial charge in [-0.25, -0.2) is 17.7 Å². The second kappa shape index (κ2) is 8.39. The third-order valence-corrected chi connectivity index (χ3v) is 7.58. The van der Waals surface area contributed by atoms with Crippen LogP contribution in [-0.4, -0.2) is 25.2 Å². The van der Waals surface area contributed by atoms with Crippen LogP contribution in [0.5, 0.6) is 0 Å². The largest absolute Gasteiger partial charge is 0.343 e. The first-order valence-corrected chi connectivity index (χ1v) is 11.9. The average Bonchev–Trinajstić information content (AvgIpc) is 3.04. The molecule has 1 unspecified atom stereocenters. The first-order valence-electron chi connectivity index (χ1n) is 9.87. The maximum Gasteiger partial charge on any atom is 0.264 e. The summed E-state index contributed by atoms with van der Waals surface area (Å²) < 4.78 is 40.0. The molecule has 1 amide bonds. The van der Waals surface area contributed by atoms with Crippen LogP contribution in [0.25, 0.3) is 4.85 Å². The smallest absolute Gasteiger partial charge is 0.264 e. The van der Waals surface area contributed by atoms with Crippen molar-refractivity contribution in [3.63, 3.8) is 0 Å². The number of carbonyl (C=O) groups excluding carboxylic acids is 1. The number of benzene rings is 3. The van der Waals surface area contributed by atoms with Crippen molar-refractivity contribution in [2.45, 2.75) is 17.4 Å². The summed E-state index contributed by atoms with van der Waals surface area (Å²) in [6.45, 7) is 8.98. The molecule has 1 aliphatic rings. The van der Waals surface area contributed by atoms with E-state index in [1.807, 2.05) is 0 Å². The summed E-state index contributed by atoms with van der Waals surface area (Å²) in [6, 6.07) is 17.8. The van der Waals surface area contributed by atoms with Gasteiger partial charge in [0.15, 0.2) is 26.2 Å². The number of hydrogen-bond donors (Lipinski definition) is 1. The summed E-state index contributed by atoms with van der Waals surface area (Å²) in [5.74, 6) is -1.74. The van der Waals surface area contributed by atoms with Crippen molar-refractivity contribution < 1.29 is 17.6 Å². The molecule has 1 fully saturated rings. The lowest BCUT2D eigenvalue weighted by Gasteiger charge is -2.27. The van der Waals surface area contributed by atoms with E-state index in [2.05, 4.69) is 10.2 Å². The highest BCUT2D eigenvalue weighted by Gasteiger charge is 2.54. The van der Waals surface area contributed by atoms with E-state index >= 15 is 0 Å². The van der Waals surface area contributed by atoms with Crippen LogP contribution in [0.3, 0.4) is 0 Å². The molecule has 9 heteroatoms. The maximum absolute atomic E-state index is 13.9. The van der Waals surface area contributed by atoms with Gasteiger partial charge in [0.05, 0.1) is 17.2 Å². The summed E-state index contributed by atoms with van der Waals surface area (Å²) in [6.07, 6.45) is 0. The Hall–Kier alpha value is -3.61. The lowest BCUT2D eigenvalue weighted by atomic mass is 9.91. The lowest BCUT2D eigenvalue weighted by molar-refractivity contribution is -0.121. The number of thiocarbonyl (C=S) groups is 1. The van der Waals surface area contributed by atoms with Gasteiger partial charge < -0.3 is 5.32 Å². The molecular weight excluding hydrogens is 461 g/mol. The highest BCUT2D eigenvalue weighted by molar-refractivity contribution is 7.91. The minimum absolute atomic E-state index is 0.0492. The number of halogens is 1. The van der Waals surface area contributed by atoms with E-state index in [0.29, 0.717) is 22.5 Å². The Balaban J connectivity index is 1.82. The van der Waals surface area contributed by atoms with Crippen LogP contribution in [0.15, 0.2) is 77.7 Å². The third kappa shape index (κ3) is 3.99. The maximum atomic E-state index is 13.9. The number of nitrogens with one attached hydrogen (secondary N) is 1. The van der Waals surface area contributed by atoms with Gasteiger partial charge in [0.2, 0.25) is 0 Å². The van der Waals surface area contributed by atoms with Crippen molar-refractivity contribution in [3.8, 4) is 0 Å². The quantitative estimate of drug-likeness (QED) is 0.336. The van der Waals surface area contributed by atoms with Crippen molar-refractivity contribution in [1.29, 1.82) is 0 Å². The Kier molecular flexibility index (Phi) is 5.74. The molecule has 0 aliphatic carbocycles. The Labute approximate surface area is 196 Å². The number of anilines is 1. The normalized spacial score (nSPS) is 18.2. The highest BCUT2D eigenvalue weighted by Crippen LogP contribution is 2.36. The fraction of sp³-hybridized carbons (Fsp3) is 0.125. The summed E-state index contributed by atoms with van der Waals surface area (Å²) in [5, 5.41) is 3.01. The molecule has 33 heavy (non-hydrogen) atoms. The van der Waals surface area contributed by atoms with Gasteiger partial charge in [0.1, 0.15) is 5.82 Å². The van der Waals surface area contributed by atoms with Crippen LogP contribution in [0.4, 0.5) is 15.8 Å². The summed E-state index contributed by atoms with van der Waals surface area (Å²) in [4.78, 5) is 18.4. The molecule has 166 valence electrons. The monoisotopic (exact) mass is 479 g/mol. The number of carbonyl (C=O) groups is 1. The topological polar surface area (TPSA) is 70.8 Å².